The number of aryl methyl sites for hydroxylation is 1. The molecule has 1 atom stereocenters. The van der Waals surface area contributed by atoms with Gasteiger partial charge in [-0.15, -0.1) is 0 Å². The van der Waals surface area contributed by atoms with Crippen LogP contribution in [0.25, 0.3) is 0 Å². The van der Waals surface area contributed by atoms with Crippen molar-refractivity contribution in [3.8, 4) is 0 Å². The van der Waals surface area contributed by atoms with Crippen molar-refractivity contribution in [1.82, 2.24) is 9.97 Å². The SMILES string of the molecule is COC(=O)C(Nc1ncnc2c1CCC2)c1ccccc1. The molecule has 1 N–H and O–H groups in total. The molecule has 1 aromatic carbocycles. The minimum atomic E-state index is -0.559. The van der Waals surface area contributed by atoms with Crippen molar-refractivity contribution < 1.29 is 9.53 Å². The Hall–Kier alpha value is -2.43. The van der Waals surface area contributed by atoms with Crippen molar-refractivity contribution in [3.63, 3.8) is 0 Å². The molecule has 0 fully saturated rings. The Balaban J connectivity index is 1.93. The molecule has 5 nitrogen and oxygen atoms in total. The largest absolute Gasteiger partial charge is 0.467 e. The van der Waals surface area contributed by atoms with Crippen LogP contribution in [0.5, 0.6) is 0 Å². The second kappa shape index (κ2) is 5.91. The number of rotatable bonds is 4. The number of aromatic nitrogens is 2. The van der Waals surface area contributed by atoms with E-state index >= 15 is 0 Å². The first kappa shape index (κ1) is 13.5. The molecule has 1 aromatic heterocycles. The van der Waals surface area contributed by atoms with Crippen LogP contribution in [0.1, 0.15) is 29.3 Å². The Morgan fingerprint density at radius 3 is 2.81 bits per heavy atom. The summed E-state index contributed by atoms with van der Waals surface area (Å²) in [6.07, 6.45) is 4.55. The first-order valence-electron chi connectivity index (χ1n) is 7.01. The van der Waals surface area contributed by atoms with E-state index in [0.717, 1.165) is 41.9 Å². The molecule has 1 unspecified atom stereocenters. The van der Waals surface area contributed by atoms with Gasteiger partial charge in [0.25, 0.3) is 0 Å². The van der Waals surface area contributed by atoms with Gasteiger partial charge in [-0.1, -0.05) is 30.3 Å². The zero-order chi connectivity index (χ0) is 14.7. The molecule has 0 saturated heterocycles. The summed E-state index contributed by atoms with van der Waals surface area (Å²) in [6, 6.07) is 8.96. The first-order valence-corrected chi connectivity index (χ1v) is 7.01. The molecular weight excluding hydrogens is 266 g/mol. The van der Waals surface area contributed by atoms with Gasteiger partial charge in [-0.25, -0.2) is 14.8 Å². The van der Waals surface area contributed by atoms with Gasteiger partial charge in [-0.3, -0.25) is 0 Å². The predicted molar refractivity (Wildman–Crippen MR) is 78.9 cm³/mol. The summed E-state index contributed by atoms with van der Waals surface area (Å²) in [5, 5.41) is 3.22. The van der Waals surface area contributed by atoms with E-state index in [-0.39, 0.29) is 5.97 Å². The third-order valence-corrected chi connectivity index (χ3v) is 3.73. The predicted octanol–water partition coefficient (Wildman–Crippen LogP) is 2.29. The summed E-state index contributed by atoms with van der Waals surface area (Å²) in [5.74, 6) is 0.406. The molecule has 0 saturated carbocycles. The molecule has 1 aliphatic carbocycles. The maximum absolute atomic E-state index is 12.1. The quantitative estimate of drug-likeness (QED) is 0.872. The van der Waals surface area contributed by atoms with Crippen LogP contribution in [0.4, 0.5) is 5.82 Å². The summed E-state index contributed by atoms with van der Waals surface area (Å²) in [5.41, 5.74) is 3.04. The van der Waals surface area contributed by atoms with Crippen LogP contribution in [0, 0.1) is 0 Å². The highest BCUT2D eigenvalue weighted by atomic mass is 16.5. The van der Waals surface area contributed by atoms with Crippen molar-refractivity contribution >= 4 is 11.8 Å². The second-order valence-electron chi connectivity index (χ2n) is 5.01. The molecule has 0 radical (unpaired) electrons. The average molecular weight is 283 g/mol. The number of carbonyl (C=O) groups excluding carboxylic acids is 1. The zero-order valence-corrected chi connectivity index (χ0v) is 11.9. The number of hydrogen-bond acceptors (Lipinski definition) is 5. The van der Waals surface area contributed by atoms with Gasteiger partial charge in [0, 0.05) is 11.3 Å². The van der Waals surface area contributed by atoms with Gasteiger partial charge in [0.05, 0.1) is 7.11 Å². The Bertz CT molecular complexity index is 643. The Morgan fingerprint density at radius 1 is 1.24 bits per heavy atom. The van der Waals surface area contributed by atoms with Gasteiger partial charge in [0.1, 0.15) is 12.1 Å². The van der Waals surface area contributed by atoms with Gasteiger partial charge in [0.2, 0.25) is 0 Å². The molecule has 1 aliphatic rings. The van der Waals surface area contributed by atoms with E-state index < -0.39 is 6.04 Å². The molecule has 5 heteroatoms. The molecule has 0 amide bonds. The number of hydrogen-bond donors (Lipinski definition) is 1. The molecule has 108 valence electrons. The van der Waals surface area contributed by atoms with E-state index in [9.17, 15) is 4.79 Å². The number of ether oxygens (including phenoxy) is 1. The van der Waals surface area contributed by atoms with Crippen LogP contribution in [-0.2, 0) is 22.4 Å². The Morgan fingerprint density at radius 2 is 2.05 bits per heavy atom. The lowest BCUT2D eigenvalue weighted by Crippen LogP contribution is -2.23. The van der Waals surface area contributed by atoms with E-state index in [0.29, 0.717) is 0 Å². The number of methoxy groups -OCH3 is 1. The lowest BCUT2D eigenvalue weighted by atomic mass is 10.1. The van der Waals surface area contributed by atoms with Crippen molar-refractivity contribution in [2.24, 2.45) is 0 Å². The highest BCUT2D eigenvalue weighted by Gasteiger charge is 2.25. The van der Waals surface area contributed by atoms with Crippen LogP contribution in [-0.4, -0.2) is 23.0 Å². The topological polar surface area (TPSA) is 64.1 Å². The summed E-state index contributed by atoms with van der Waals surface area (Å²) in [7, 11) is 1.39. The normalized spacial score (nSPS) is 14.3. The number of benzene rings is 1. The number of nitrogens with one attached hydrogen (secondary N) is 1. The van der Waals surface area contributed by atoms with Crippen LogP contribution in [0.3, 0.4) is 0 Å². The minimum absolute atomic E-state index is 0.327. The molecule has 3 rings (SSSR count). The molecule has 1 heterocycles. The van der Waals surface area contributed by atoms with E-state index in [1.807, 2.05) is 30.3 Å². The van der Waals surface area contributed by atoms with E-state index in [1.54, 1.807) is 6.33 Å². The number of anilines is 1. The first-order chi connectivity index (χ1) is 10.3. The summed E-state index contributed by atoms with van der Waals surface area (Å²) >= 11 is 0. The molecule has 2 aromatic rings. The fourth-order valence-corrected chi connectivity index (χ4v) is 2.66. The van der Waals surface area contributed by atoms with Crippen molar-refractivity contribution in [2.45, 2.75) is 25.3 Å². The molecular formula is C16H17N3O2. The summed E-state index contributed by atoms with van der Waals surface area (Å²) in [6.45, 7) is 0. The van der Waals surface area contributed by atoms with Crippen LogP contribution in [0.2, 0.25) is 0 Å². The zero-order valence-electron chi connectivity index (χ0n) is 11.9. The monoisotopic (exact) mass is 283 g/mol. The van der Waals surface area contributed by atoms with Crippen LogP contribution < -0.4 is 5.32 Å². The molecule has 21 heavy (non-hydrogen) atoms. The van der Waals surface area contributed by atoms with E-state index in [1.165, 1.54) is 7.11 Å². The van der Waals surface area contributed by atoms with E-state index in [2.05, 4.69) is 15.3 Å². The number of nitrogens with zero attached hydrogens (tertiary/aromatic N) is 2. The maximum Gasteiger partial charge on any atom is 0.333 e. The third-order valence-electron chi connectivity index (χ3n) is 3.73. The van der Waals surface area contributed by atoms with Crippen molar-refractivity contribution in [3.05, 3.63) is 53.5 Å². The summed E-state index contributed by atoms with van der Waals surface area (Å²) < 4.78 is 4.91. The fraction of sp³-hybridized carbons (Fsp3) is 0.312. The third kappa shape index (κ3) is 2.72. The van der Waals surface area contributed by atoms with Gasteiger partial charge in [-0.05, 0) is 24.8 Å². The van der Waals surface area contributed by atoms with E-state index in [4.69, 9.17) is 4.74 Å². The summed E-state index contributed by atoms with van der Waals surface area (Å²) in [4.78, 5) is 20.7. The molecule has 0 aliphatic heterocycles. The second-order valence-corrected chi connectivity index (χ2v) is 5.01. The molecule has 0 bridgehead atoms. The average Bonchev–Trinajstić information content (AvgIpc) is 3.02. The fourth-order valence-electron chi connectivity index (χ4n) is 2.66. The van der Waals surface area contributed by atoms with Crippen LogP contribution in [0.15, 0.2) is 36.7 Å². The van der Waals surface area contributed by atoms with Crippen LogP contribution >= 0.6 is 0 Å². The molecule has 0 spiro atoms. The van der Waals surface area contributed by atoms with Crippen molar-refractivity contribution in [2.75, 3.05) is 12.4 Å². The maximum atomic E-state index is 12.1. The highest BCUT2D eigenvalue weighted by Crippen LogP contribution is 2.28. The lowest BCUT2D eigenvalue weighted by Gasteiger charge is -2.19. The standard InChI is InChI=1S/C16H17N3O2/c1-21-16(20)14(11-6-3-2-4-7-11)19-15-12-8-5-9-13(12)17-10-18-15/h2-4,6-7,10,14H,5,8-9H2,1H3,(H,17,18,19). The van der Waals surface area contributed by atoms with Gasteiger partial charge in [0.15, 0.2) is 6.04 Å². The number of carbonyl (C=O) groups is 1. The Kier molecular flexibility index (Phi) is 3.81. The van der Waals surface area contributed by atoms with Gasteiger partial charge in [-0.2, -0.15) is 0 Å². The highest BCUT2D eigenvalue weighted by molar-refractivity contribution is 5.81. The van der Waals surface area contributed by atoms with Gasteiger partial charge < -0.3 is 10.1 Å². The lowest BCUT2D eigenvalue weighted by molar-refractivity contribution is -0.141. The number of esters is 1. The minimum Gasteiger partial charge on any atom is -0.467 e. The Labute approximate surface area is 123 Å². The smallest absolute Gasteiger partial charge is 0.333 e. The van der Waals surface area contributed by atoms with Gasteiger partial charge >= 0.3 is 5.97 Å². The van der Waals surface area contributed by atoms with Crippen molar-refractivity contribution in [1.29, 1.82) is 0 Å². The number of fused-ring (bicyclic) bond motifs is 1.